The highest BCUT2D eigenvalue weighted by molar-refractivity contribution is 5.94. The van der Waals surface area contributed by atoms with E-state index in [4.69, 9.17) is 0 Å². The van der Waals surface area contributed by atoms with E-state index in [1.165, 1.54) is 18.1 Å². The molecule has 3 heteroatoms. The number of pyridine rings is 1. The molecule has 0 atom stereocenters. The van der Waals surface area contributed by atoms with Crippen molar-refractivity contribution in [2.45, 2.75) is 47.1 Å². The fraction of sp³-hybridized carbons (Fsp3) is 0.368. The van der Waals surface area contributed by atoms with E-state index in [0.717, 1.165) is 24.1 Å². The Morgan fingerprint density at radius 3 is 2.41 bits per heavy atom. The van der Waals surface area contributed by atoms with Gasteiger partial charge in [-0.15, -0.1) is 0 Å². The molecule has 0 unspecified atom stereocenters. The Kier molecular flexibility index (Phi) is 4.96. The van der Waals surface area contributed by atoms with Gasteiger partial charge in [0.2, 0.25) is 0 Å². The summed E-state index contributed by atoms with van der Waals surface area (Å²) in [7, 11) is 0. The molecule has 2 aromatic rings. The molecule has 0 spiro atoms. The third-order valence-corrected chi connectivity index (χ3v) is 4.09. The van der Waals surface area contributed by atoms with Crippen molar-refractivity contribution < 1.29 is 4.79 Å². The molecule has 0 aliphatic rings. The van der Waals surface area contributed by atoms with Crippen LogP contribution < -0.4 is 5.56 Å². The van der Waals surface area contributed by atoms with Crippen molar-refractivity contribution in [2.75, 3.05) is 0 Å². The molecule has 0 fully saturated rings. The van der Waals surface area contributed by atoms with Crippen molar-refractivity contribution in [3.63, 3.8) is 0 Å². The number of rotatable bonds is 5. The van der Waals surface area contributed by atoms with Gasteiger partial charge in [0.1, 0.15) is 0 Å². The normalized spacial score (nSPS) is 10.7. The average Bonchev–Trinajstić information content (AvgIpc) is 2.48. The molecule has 0 N–H and O–H groups in total. The smallest absolute Gasteiger partial charge is 0.261 e. The van der Waals surface area contributed by atoms with Gasteiger partial charge in [-0.1, -0.05) is 25.5 Å². The lowest BCUT2D eigenvalue weighted by Gasteiger charge is -2.15. The number of aryl methyl sites for hydroxylation is 2. The minimum atomic E-state index is -0.184. The van der Waals surface area contributed by atoms with E-state index in [-0.39, 0.29) is 16.9 Å². The lowest BCUT2D eigenvalue weighted by Crippen LogP contribution is -2.27. The van der Waals surface area contributed by atoms with Crippen molar-refractivity contribution in [3.8, 4) is 11.3 Å². The average molecular weight is 297 g/mol. The molecule has 1 aromatic carbocycles. The van der Waals surface area contributed by atoms with Crippen LogP contribution in [-0.2, 0) is 6.54 Å². The monoisotopic (exact) mass is 297 g/mol. The summed E-state index contributed by atoms with van der Waals surface area (Å²) < 4.78 is 1.74. The van der Waals surface area contributed by atoms with Gasteiger partial charge in [0, 0.05) is 6.54 Å². The van der Waals surface area contributed by atoms with E-state index in [1.807, 2.05) is 12.1 Å². The van der Waals surface area contributed by atoms with Gasteiger partial charge >= 0.3 is 0 Å². The Morgan fingerprint density at radius 1 is 1.09 bits per heavy atom. The number of hydrogen-bond acceptors (Lipinski definition) is 2. The van der Waals surface area contributed by atoms with Gasteiger partial charge in [0.05, 0.1) is 11.3 Å². The highest BCUT2D eigenvalue weighted by Crippen LogP contribution is 2.22. The zero-order chi connectivity index (χ0) is 16.3. The first-order valence-corrected chi connectivity index (χ1v) is 7.78. The first-order chi connectivity index (χ1) is 10.5. The van der Waals surface area contributed by atoms with E-state index in [9.17, 15) is 9.59 Å². The molecule has 2 rings (SSSR count). The Labute approximate surface area is 131 Å². The largest absolute Gasteiger partial charge is 0.308 e. The van der Waals surface area contributed by atoms with Crippen LogP contribution in [0.15, 0.2) is 35.1 Å². The first kappa shape index (κ1) is 16.2. The van der Waals surface area contributed by atoms with Crippen LogP contribution in [0.2, 0.25) is 0 Å². The maximum absolute atomic E-state index is 12.6. The minimum absolute atomic E-state index is 0.179. The predicted molar refractivity (Wildman–Crippen MR) is 90.5 cm³/mol. The Morgan fingerprint density at radius 2 is 1.82 bits per heavy atom. The van der Waals surface area contributed by atoms with Crippen molar-refractivity contribution in [1.82, 2.24) is 4.57 Å². The molecule has 22 heavy (non-hydrogen) atoms. The van der Waals surface area contributed by atoms with Crippen LogP contribution in [0.4, 0.5) is 0 Å². The second-order valence-electron chi connectivity index (χ2n) is 5.80. The molecule has 0 saturated carbocycles. The second-order valence-corrected chi connectivity index (χ2v) is 5.80. The van der Waals surface area contributed by atoms with E-state index < -0.39 is 0 Å². The number of nitrogens with zero attached hydrogens (tertiary/aromatic N) is 1. The minimum Gasteiger partial charge on any atom is -0.308 e. The lowest BCUT2D eigenvalue weighted by molar-refractivity contribution is 0.101. The van der Waals surface area contributed by atoms with Gasteiger partial charge in [-0.05, 0) is 62.1 Å². The van der Waals surface area contributed by atoms with Crippen molar-refractivity contribution >= 4 is 5.78 Å². The summed E-state index contributed by atoms with van der Waals surface area (Å²) in [4.78, 5) is 24.2. The van der Waals surface area contributed by atoms with Crippen LogP contribution in [0.1, 0.15) is 48.2 Å². The number of aromatic nitrogens is 1. The molecule has 3 nitrogen and oxygen atoms in total. The van der Waals surface area contributed by atoms with Gasteiger partial charge in [-0.3, -0.25) is 9.59 Å². The fourth-order valence-corrected chi connectivity index (χ4v) is 2.54. The van der Waals surface area contributed by atoms with Crippen LogP contribution >= 0.6 is 0 Å². The SMILES string of the molecule is CCCCn1c(-c2ccc(C)c(C)c2)ccc(C(C)=O)c1=O. The molecular formula is C19H23NO2. The van der Waals surface area contributed by atoms with Gasteiger partial charge in [-0.2, -0.15) is 0 Å². The van der Waals surface area contributed by atoms with Crippen LogP contribution in [-0.4, -0.2) is 10.4 Å². The molecule has 0 amide bonds. The highest BCUT2D eigenvalue weighted by atomic mass is 16.1. The van der Waals surface area contributed by atoms with Crippen molar-refractivity contribution in [3.05, 3.63) is 57.4 Å². The standard InChI is InChI=1S/C19H23NO2/c1-5-6-11-20-18(10-9-17(15(4)21)19(20)22)16-8-7-13(2)14(3)12-16/h7-10,12H,5-6,11H2,1-4H3. The van der Waals surface area contributed by atoms with Crippen molar-refractivity contribution in [1.29, 1.82) is 0 Å². The number of hydrogen-bond donors (Lipinski definition) is 0. The van der Waals surface area contributed by atoms with E-state index in [1.54, 1.807) is 10.6 Å². The van der Waals surface area contributed by atoms with Gasteiger partial charge < -0.3 is 4.57 Å². The number of Topliss-reactive ketones (excluding diaryl/α,β-unsaturated/α-hetero) is 1. The molecule has 1 aromatic heterocycles. The van der Waals surface area contributed by atoms with Gasteiger partial charge in [-0.25, -0.2) is 0 Å². The summed E-state index contributed by atoms with van der Waals surface area (Å²) in [5.41, 5.74) is 4.41. The number of carbonyl (C=O) groups is 1. The number of unbranched alkanes of at least 4 members (excludes halogenated alkanes) is 1. The summed E-state index contributed by atoms with van der Waals surface area (Å²) in [6, 6.07) is 9.74. The summed E-state index contributed by atoms with van der Waals surface area (Å²) in [5, 5.41) is 0. The Bertz CT molecular complexity index is 757. The Hall–Kier alpha value is -2.16. The summed E-state index contributed by atoms with van der Waals surface area (Å²) >= 11 is 0. The van der Waals surface area contributed by atoms with Crippen LogP contribution in [0.3, 0.4) is 0 Å². The predicted octanol–water partition coefficient (Wildman–Crippen LogP) is 4.13. The van der Waals surface area contributed by atoms with E-state index >= 15 is 0 Å². The zero-order valence-corrected chi connectivity index (χ0v) is 13.8. The van der Waals surface area contributed by atoms with Gasteiger partial charge in [0.15, 0.2) is 5.78 Å². The lowest BCUT2D eigenvalue weighted by atomic mass is 10.0. The zero-order valence-electron chi connectivity index (χ0n) is 13.8. The number of ketones is 1. The summed E-state index contributed by atoms with van der Waals surface area (Å²) in [6.07, 6.45) is 1.92. The maximum Gasteiger partial charge on any atom is 0.261 e. The van der Waals surface area contributed by atoms with E-state index in [2.05, 4.69) is 32.9 Å². The van der Waals surface area contributed by atoms with Crippen LogP contribution in [0, 0.1) is 13.8 Å². The summed E-state index contributed by atoms with van der Waals surface area (Å²) in [6.45, 7) is 8.31. The molecule has 0 aliphatic heterocycles. The van der Waals surface area contributed by atoms with Crippen molar-refractivity contribution in [2.24, 2.45) is 0 Å². The number of carbonyl (C=O) groups excluding carboxylic acids is 1. The topological polar surface area (TPSA) is 39.1 Å². The molecular weight excluding hydrogens is 274 g/mol. The third-order valence-electron chi connectivity index (χ3n) is 4.09. The fourth-order valence-electron chi connectivity index (χ4n) is 2.54. The number of benzene rings is 1. The first-order valence-electron chi connectivity index (χ1n) is 7.78. The third kappa shape index (κ3) is 3.19. The molecule has 0 saturated heterocycles. The molecule has 0 radical (unpaired) electrons. The molecule has 0 bridgehead atoms. The van der Waals surface area contributed by atoms with E-state index in [0.29, 0.717) is 6.54 Å². The molecule has 116 valence electrons. The molecule has 0 aliphatic carbocycles. The van der Waals surface area contributed by atoms with Gasteiger partial charge in [0.25, 0.3) is 5.56 Å². The maximum atomic E-state index is 12.6. The van der Waals surface area contributed by atoms with Crippen LogP contribution in [0.5, 0.6) is 0 Å². The highest BCUT2D eigenvalue weighted by Gasteiger charge is 2.13. The summed E-state index contributed by atoms with van der Waals surface area (Å²) in [5.74, 6) is -0.179. The molecule has 1 heterocycles. The Balaban J connectivity index is 2.63. The second kappa shape index (κ2) is 6.73. The van der Waals surface area contributed by atoms with Crippen LogP contribution in [0.25, 0.3) is 11.3 Å². The quantitative estimate of drug-likeness (QED) is 0.778.